The summed E-state index contributed by atoms with van der Waals surface area (Å²) < 4.78 is 50.7. The molecule has 0 aromatic heterocycles. The van der Waals surface area contributed by atoms with Gasteiger partial charge in [-0.05, 0) is 49.6 Å². The van der Waals surface area contributed by atoms with E-state index in [0.29, 0.717) is 6.54 Å². The number of benzene rings is 2. The van der Waals surface area contributed by atoms with Crippen LogP contribution in [0.4, 0.5) is 0 Å². The zero-order chi connectivity index (χ0) is 18.2. The van der Waals surface area contributed by atoms with Gasteiger partial charge in [-0.25, -0.2) is 16.8 Å². The first kappa shape index (κ1) is 18.1. The van der Waals surface area contributed by atoms with E-state index in [9.17, 15) is 16.8 Å². The molecule has 0 N–H and O–H groups in total. The molecular formula is C18H21NO4S2. The average Bonchev–Trinajstić information content (AvgIpc) is 3.05. The lowest BCUT2D eigenvalue weighted by Crippen LogP contribution is -2.30. The highest BCUT2D eigenvalue weighted by atomic mass is 32.2. The first-order valence-electron chi connectivity index (χ1n) is 8.08. The van der Waals surface area contributed by atoms with Crippen molar-refractivity contribution in [2.75, 3.05) is 12.8 Å². The Morgan fingerprint density at radius 1 is 0.880 bits per heavy atom. The zero-order valence-corrected chi connectivity index (χ0v) is 15.8. The van der Waals surface area contributed by atoms with E-state index in [0.717, 1.165) is 30.2 Å². The maximum atomic E-state index is 13.0. The van der Waals surface area contributed by atoms with Crippen molar-refractivity contribution < 1.29 is 16.8 Å². The quantitative estimate of drug-likeness (QED) is 0.819. The summed E-state index contributed by atoms with van der Waals surface area (Å²) in [5.74, 6) is 0. The van der Waals surface area contributed by atoms with Gasteiger partial charge in [-0.3, -0.25) is 0 Å². The molecule has 1 saturated heterocycles. The van der Waals surface area contributed by atoms with Crippen LogP contribution in [0.3, 0.4) is 0 Å². The molecule has 25 heavy (non-hydrogen) atoms. The highest BCUT2D eigenvalue weighted by Gasteiger charge is 2.36. The number of hydrogen-bond donors (Lipinski definition) is 0. The molecule has 7 heteroatoms. The van der Waals surface area contributed by atoms with E-state index in [4.69, 9.17) is 0 Å². The number of hydrogen-bond acceptors (Lipinski definition) is 4. The summed E-state index contributed by atoms with van der Waals surface area (Å²) in [7, 11) is -7.02. The molecule has 0 radical (unpaired) electrons. The molecule has 0 aliphatic carbocycles. The molecule has 3 rings (SSSR count). The maximum absolute atomic E-state index is 13.0. The van der Waals surface area contributed by atoms with E-state index in [1.165, 1.54) is 28.6 Å². The lowest BCUT2D eigenvalue weighted by atomic mass is 10.0. The second kappa shape index (κ2) is 6.55. The Kier molecular flexibility index (Phi) is 4.74. The van der Waals surface area contributed by atoms with Crippen LogP contribution in [0, 0.1) is 6.92 Å². The van der Waals surface area contributed by atoms with Crippen LogP contribution >= 0.6 is 0 Å². The Morgan fingerprint density at radius 3 is 2.00 bits per heavy atom. The lowest BCUT2D eigenvalue weighted by molar-refractivity contribution is 0.396. The molecule has 1 unspecified atom stereocenters. The average molecular weight is 380 g/mol. The molecule has 0 amide bonds. The molecule has 1 heterocycles. The Hall–Kier alpha value is -1.70. The molecule has 134 valence electrons. The first-order chi connectivity index (χ1) is 11.7. The van der Waals surface area contributed by atoms with Crippen molar-refractivity contribution >= 4 is 19.9 Å². The van der Waals surface area contributed by atoms with Gasteiger partial charge < -0.3 is 0 Å². The third kappa shape index (κ3) is 3.63. The Morgan fingerprint density at radius 2 is 1.44 bits per heavy atom. The van der Waals surface area contributed by atoms with Crippen molar-refractivity contribution in [2.45, 2.75) is 35.6 Å². The second-order valence-electron chi connectivity index (χ2n) is 6.43. The van der Waals surface area contributed by atoms with Crippen LogP contribution in [0.15, 0.2) is 58.3 Å². The molecule has 2 aromatic rings. The predicted molar refractivity (Wildman–Crippen MR) is 96.6 cm³/mol. The minimum absolute atomic E-state index is 0.114. The van der Waals surface area contributed by atoms with E-state index in [1.807, 2.05) is 31.2 Å². The fourth-order valence-electron chi connectivity index (χ4n) is 3.14. The fourth-order valence-corrected chi connectivity index (χ4v) is 5.46. The smallest absolute Gasteiger partial charge is 0.224 e. The number of sulfone groups is 1. The van der Waals surface area contributed by atoms with E-state index in [2.05, 4.69) is 0 Å². The number of nitrogens with zero attached hydrogens (tertiary/aromatic N) is 1. The van der Waals surface area contributed by atoms with Crippen molar-refractivity contribution in [3.63, 3.8) is 0 Å². The van der Waals surface area contributed by atoms with Gasteiger partial charge in [0.25, 0.3) is 0 Å². The van der Waals surface area contributed by atoms with Gasteiger partial charge in [-0.1, -0.05) is 29.8 Å². The van der Waals surface area contributed by atoms with Gasteiger partial charge in [0.15, 0.2) is 9.84 Å². The van der Waals surface area contributed by atoms with Crippen molar-refractivity contribution in [2.24, 2.45) is 0 Å². The number of sulfonamides is 1. The lowest BCUT2D eigenvalue weighted by Gasteiger charge is -2.24. The molecule has 2 aromatic carbocycles. The summed E-state index contributed by atoms with van der Waals surface area (Å²) >= 11 is 0. The monoisotopic (exact) mass is 379 g/mol. The van der Waals surface area contributed by atoms with E-state index >= 15 is 0 Å². The summed E-state index contributed by atoms with van der Waals surface area (Å²) in [4.78, 5) is 0.238. The van der Waals surface area contributed by atoms with Crippen LogP contribution in [-0.4, -0.2) is 33.9 Å². The van der Waals surface area contributed by atoms with Crippen molar-refractivity contribution in [3.05, 3.63) is 59.7 Å². The molecule has 0 spiro atoms. The molecule has 0 saturated carbocycles. The summed E-state index contributed by atoms with van der Waals surface area (Å²) in [6.07, 6.45) is 2.69. The van der Waals surface area contributed by atoms with Crippen LogP contribution in [0.2, 0.25) is 0 Å². The van der Waals surface area contributed by atoms with Gasteiger partial charge >= 0.3 is 0 Å². The zero-order valence-electron chi connectivity index (χ0n) is 14.2. The SMILES string of the molecule is Cc1ccc(C2CCCN2S(=O)(=O)c2ccc(S(C)(=O)=O)cc2)cc1. The fraction of sp³-hybridized carbons (Fsp3) is 0.333. The van der Waals surface area contributed by atoms with Crippen molar-refractivity contribution in [3.8, 4) is 0 Å². The molecule has 1 atom stereocenters. The normalized spacial score (nSPS) is 19.2. The van der Waals surface area contributed by atoms with E-state index in [-0.39, 0.29) is 15.8 Å². The second-order valence-corrected chi connectivity index (χ2v) is 10.3. The van der Waals surface area contributed by atoms with Gasteiger partial charge in [0, 0.05) is 12.8 Å². The molecule has 1 aliphatic rings. The van der Waals surface area contributed by atoms with Gasteiger partial charge in [-0.2, -0.15) is 4.31 Å². The molecule has 1 fully saturated rings. The summed E-state index contributed by atoms with van der Waals surface area (Å²) in [6, 6.07) is 13.2. The third-order valence-electron chi connectivity index (χ3n) is 4.52. The van der Waals surface area contributed by atoms with Gasteiger partial charge in [0.1, 0.15) is 0 Å². The minimum Gasteiger partial charge on any atom is -0.224 e. The Balaban J connectivity index is 1.94. The topological polar surface area (TPSA) is 71.5 Å². The summed E-state index contributed by atoms with van der Waals surface area (Å²) in [6.45, 7) is 2.46. The molecule has 5 nitrogen and oxygen atoms in total. The maximum Gasteiger partial charge on any atom is 0.243 e. The van der Waals surface area contributed by atoms with Gasteiger partial charge in [-0.15, -0.1) is 0 Å². The summed E-state index contributed by atoms with van der Waals surface area (Å²) in [5, 5.41) is 0. The predicted octanol–water partition coefficient (Wildman–Crippen LogP) is 2.92. The van der Waals surface area contributed by atoms with Crippen LogP contribution in [0.25, 0.3) is 0 Å². The van der Waals surface area contributed by atoms with Crippen LogP contribution in [-0.2, 0) is 19.9 Å². The van der Waals surface area contributed by atoms with Crippen LogP contribution in [0.1, 0.15) is 30.0 Å². The highest BCUT2D eigenvalue weighted by molar-refractivity contribution is 7.90. The Labute approximate surface area is 149 Å². The van der Waals surface area contributed by atoms with E-state index < -0.39 is 19.9 Å². The third-order valence-corrected chi connectivity index (χ3v) is 7.58. The van der Waals surface area contributed by atoms with Crippen LogP contribution in [0.5, 0.6) is 0 Å². The Bertz CT molecular complexity index is 963. The van der Waals surface area contributed by atoms with Crippen LogP contribution < -0.4 is 0 Å². The van der Waals surface area contributed by atoms with Crippen molar-refractivity contribution in [1.82, 2.24) is 4.31 Å². The van der Waals surface area contributed by atoms with E-state index in [1.54, 1.807) is 0 Å². The minimum atomic E-state index is -3.67. The van der Waals surface area contributed by atoms with Gasteiger partial charge in [0.05, 0.1) is 15.8 Å². The molecular weight excluding hydrogens is 358 g/mol. The number of rotatable bonds is 4. The first-order valence-corrected chi connectivity index (χ1v) is 11.4. The molecule has 0 bridgehead atoms. The number of aryl methyl sites for hydroxylation is 1. The van der Waals surface area contributed by atoms with Crippen molar-refractivity contribution in [1.29, 1.82) is 0 Å². The molecule has 1 aliphatic heterocycles. The summed E-state index contributed by atoms with van der Waals surface area (Å²) in [5.41, 5.74) is 2.12. The van der Waals surface area contributed by atoms with Gasteiger partial charge in [0.2, 0.25) is 10.0 Å². The highest BCUT2D eigenvalue weighted by Crippen LogP contribution is 2.36. The largest absolute Gasteiger partial charge is 0.243 e. The standard InChI is InChI=1S/C18H21NO4S2/c1-14-5-7-15(8-6-14)18-4-3-13-19(18)25(22,23)17-11-9-16(10-12-17)24(2,20)21/h5-12,18H,3-4,13H2,1-2H3.